The van der Waals surface area contributed by atoms with Crippen molar-refractivity contribution < 1.29 is 27.3 Å². The summed E-state index contributed by atoms with van der Waals surface area (Å²) in [6.07, 6.45) is 1.55. The summed E-state index contributed by atoms with van der Waals surface area (Å²) in [5, 5.41) is 6.45. The minimum Gasteiger partial charge on any atom is -0.467 e. The van der Waals surface area contributed by atoms with Gasteiger partial charge < -0.3 is 14.6 Å². The van der Waals surface area contributed by atoms with E-state index in [4.69, 9.17) is 9.26 Å². The average Bonchev–Trinajstić information content (AvgIpc) is 2.99. The molecule has 1 saturated heterocycles. The predicted molar refractivity (Wildman–Crippen MR) is 101 cm³/mol. The number of aromatic nitrogens is 1. The second-order valence-electron chi connectivity index (χ2n) is 7.57. The molecule has 0 aromatic carbocycles. The normalized spacial score (nSPS) is 19.4. The number of ether oxygens (including phenoxy) is 1. The molecule has 28 heavy (non-hydrogen) atoms. The van der Waals surface area contributed by atoms with E-state index in [9.17, 15) is 18.0 Å². The van der Waals surface area contributed by atoms with Gasteiger partial charge in [0.1, 0.15) is 16.6 Å². The molecule has 0 spiro atoms. The lowest BCUT2D eigenvalue weighted by Gasteiger charge is -2.32. The Morgan fingerprint density at radius 2 is 2.04 bits per heavy atom. The largest absolute Gasteiger partial charge is 0.467 e. The summed E-state index contributed by atoms with van der Waals surface area (Å²) >= 11 is 0. The van der Waals surface area contributed by atoms with Gasteiger partial charge in [-0.3, -0.25) is 4.79 Å². The maximum Gasteiger partial charge on any atom is 0.328 e. The van der Waals surface area contributed by atoms with E-state index in [2.05, 4.69) is 10.5 Å². The number of methoxy groups -OCH3 is 1. The van der Waals surface area contributed by atoms with Crippen LogP contribution in [0.15, 0.2) is 9.42 Å². The van der Waals surface area contributed by atoms with Crippen LogP contribution in [-0.4, -0.2) is 56.0 Å². The Labute approximate surface area is 165 Å². The number of aryl methyl sites for hydroxylation is 2. The molecular formula is C18H29N3O6S. The number of hydrogen-bond acceptors (Lipinski definition) is 7. The minimum absolute atomic E-state index is 0.0494. The maximum atomic E-state index is 13.0. The first-order valence-electron chi connectivity index (χ1n) is 9.39. The quantitative estimate of drug-likeness (QED) is 0.669. The topological polar surface area (TPSA) is 119 Å². The van der Waals surface area contributed by atoms with Crippen molar-refractivity contribution in [2.24, 2.45) is 11.8 Å². The number of rotatable bonds is 7. The molecule has 0 aliphatic carbocycles. The highest BCUT2D eigenvalue weighted by Crippen LogP contribution is 2.28. The van der Waals surface area contributed by atoms with Crippen LogP contribution in [0.4, 0.5) is 0 Å². The van der Waals surface area contributed by atoms with Gasteiger partial charge in [-0.25, -0.2) is 13.2 Å². The first kappa shape index (κ1) is 22.4. The number of nitrogens with zero attached hydrogens (tertiary/aromatic N) is 2. The number of hydrogen-bond donors (Lipinski definition) is 1. The lowest BCUT2D eigenvalue weighted by molar-refractivity contribution is -0.146. The Bertz CT molecular complexity index is 798. The molecule has 2 unspecified atom stereocenters. The third-order valence-electron chi connectivity index (χ3n) is 4.83. The summed E-state index contributed by atoms with van der Waals surface area (Å²) in [4.78, 5) is 24.7. The van der Waals surface area contributed by atoms with E-state index >= 15 is 0 Å². The van der Waals surface area contributed by atoms with Crippen molar-refractivity contribution in [3.05, 3.63) is 11.5 Å². The van der Waals surface area contributed by atoms with Gasteiger partial charge in [0.15, 0.2) is 5.76 Å². The van der Waals surface area contributed by atoms with E-state index in [0.29, 0.717) is 31.5 Å². The average molecular weight is 416 g/mol. The van der Waals surface area contributed by atoms with Crippen LogP contribution >= 0.6 is 0 Å². The third-order valence-corrected chi connectivity index (χ3v) is 6.94. The van der Waals surface area contributed by atoms with E-state index in [1.807, 2.05) is 13.8 Å². The molecule has 1 aliphatic rings. The number of amides is 1. The molecule has 2 atom stereocenters. The fraction of sp³-hybridized carbons (Fsp3) is 0.722. The van der Waals surface area contributed by atoms with Gasteiger partial charge in [-0.05, 0) is 39.0 Å². The number of piperidine rings is 1. The second kappa shape index (κ2) is 9.04. The van der Waals surface area contributed by atoms with Crippen LogP contribution in [0, 0.1) is 25.7 Å². The molecule has 1 aliphatic heterocycles. The van der Waals surface area contributed by atoms with Gasteiger partial charge in [0.2, 0.25) is 15.9 Å². The molecule has 158 valence electrons. The van der Waals surface area contributed by atoms with Crippen LogP contribution in [0.2, 0.25) is 0 Å². The first-order chi connectivity index (χ1) is 13.1. The fourth-order valence-electron chi connectivity index (χ4n) is 3.46. The molecule has 2 rings (SSSR count). The van der Waals surface area contributed by atoms with E-state index in [1.54, 1.807) is 13.8 Å². The standard InChI is InChI=1S/C18H29N3O6S/c1-11(2)9-15(18(23)26-5)19-17(22)14-7-6-8-21(10-14)28(24,25)16-12(3)20-27-13(16)4/h11,14-15H,6-10H2,1-5H3,(H,19,22). The lowest BCUT2D eigenvalue weighted by Crippen LogP contribution is -2.50. The van der Waals surface area contributed by atoms with Crippen molar-refractivity contribution in [1.82, 2.24) is 14.8 Å². The number of nitrogens with one attached hydrogen (secondary N) is 1. The van der Waals surface area contributed by atoms with Gasteiger partial charge in [0.05, 0.1) is 13.0 Å². The molecule has 10 heteroatoms. The third kappa shape index (κ3) is 4.91. The van der Waals surface area contributed by atoms with Crippen molar-refractivity contribution in [1.29, 1.82) is 0 Å². The summed E-state index contributed by atoms with van der Waals surface area (Å²) in [5.74, 6) is -0.963. The molecule has 2 heterocycles. The fourth-order valence-corrected chi connectivity index (χ4v) is 5.28. The Kier molecular flexibility index (Phi) is 7.22. The summed E-state index contributed by atoms with van der Waals surface area (Å²) < 4.78 is 37.1. The van der Waals surface area contributed by atoms with Crippen LogP contribution in [0.25, 0.3) is 0 Å². The smallest absolute Gasteiger partial charge is 0.328 e. The number of esters is 1. The summed E-state index contributed by atoms with van der Waals surface area (Å²) in [7, 11) is -2.53. The molecular weight excluding hydrogens is 386 g/mol. The van der Waals surface area contributed by atoms with Gasteiger partial charge in [-0.1, -0.05) is 19.0 Å². The zero-order chi connectivity index (χ0) is 21.1. The second-order valence-corrected chi connectivity index (χ2v) is 9.44. The Morgan fingerprint density at radius 1 is 1.36 bits per heavy atom. The molecule has 1 aromatic heterocycles. The van der Waals surface area contributed by atoms with Crippen molar-refractivity contribution in [3.8, 4) is 0 Å². The van der Waals surface area contributed by atoms with Crippen LogP contribution < -0.4 is 5.32 Å². The maximum absolute atomic E-state index is 13.0. The van der Waals surface area contributed by atoms with Gasteiger partial charge >= 0.3 is 5.97 Å². The van der Waals surface area contributed by atoms with Crippen molar-refractivity contribution in [2.75, 3.05) is 20.2 Å². The van der Waals surface area contributed by atoms with E-state index in [-0.39, 0.29) is 29.0 Å². The van der Waals surface area contributed by atoms with Crippen LogP contribution in [0.5, 0.6) is 0 Å². The van der Waals surface area contributed by atoms with Crippen LogP contribution in [0.1, 0.15) is 44.6 Å². The summed E-state index contributed by atoms with van der Waals surface area (Å²) in [6.45, 7) is 7.38. The first-order valence-corrected chi connectivity index (χ1v) is 10.8. The molecule has 0 radical (unpaired) electrons. The molecule has 1 aromatic rings. The summed E-state index contributed by atoms with van der Waals surface area (Å²) in [5.41, 5.74) is 0.298. The molecule has 0 saturated carbocycles. The van der Waals surface area contributed by atoms with Gasteiger partial charge in [-0.2, -0.15) is 4.31 Å². The van der Waals surface area contributed by atoms with Gasteiger partial charge in [-0.15, -0.1) is 0 Å². The monoisotopic (exact) mass is 415 g/mol. The number of sulfonamides is 1. The molecule has 1 N–H and O–H groups in total. The summed E-state index contributed by atoms with van der Waals surface area (Å²) in [6, 6.07) is -0.743. The molecule has 1 fully saturated rings. The SMILES string of the molecule is COC(=O)C(CC(C)C)NC(=O)C1CCCN(S(=O)(=O)c2c(C)noc2C)C1. The van der Waals surface area contributed by atoms with Crippen molar-refractivity contribution in [3.63, 3.8) is 0 Å². The van der Waals surface area contributed by atoms with E-state index < -0.39 is 28.0 Å². The van der Waals surface area contributed by atoms with Gasteiger partial charge in [0, 0.05) is 13.1 Å². The van der Waals surface area contributed by atoms with Crippen LogP contribution in [0.3, 0.4) is 0 Å². The minimum atomic E-state index is -3.81. The van der Waals surface area contributed by atoms with Crippen LogP contribution in [-0.2, 0) is 24.3 Å². The molecule has 0 bridgehead atoms. The highest BCUT2D eigenvalue weighted by molar-refractivity contribution is 7.89. The van der Waals surface area contributed by atoms with E-state index in [0.717, 1.165) is 0 Å². The van der Waals surface area contributed by atoms with Crippen molar-refractivity contribution >= 4 is 21.9 Å². The zero-order valence-electron chi connectivity index (χ0n) is 17.0. The van der Waals surface area contributed by atoms with E-state index in [1.165, 1.54) is 11.4 Å². The predicted octanol–water partition coefficient (Wildman–Crippen LogP) is 1.40. The number of carbonyl (C=O) groups excluding carboxylic acids is 2. The Balaban J connectivity index is 2.14. The highest BCUT2D eigenvalue weighted by Gasteiger charge is 2.37. The molecule has 9 nitrogen and oxygen atoms in total. The Hall–Kier alpha value is -1.94. The van der Waals surface area contributed by atoms with Crippen molar-refractivity contribution in [2.45, 2.75) is 57.9 Å². The lowest BCUT2D eigenvalue weighted by atomic mass is 9.97. The Morgan fingerprint density at radius 3 is 2.57 bits per heavy atom. The number of carbonyl (C=O) groups is 2. The molecule has 1 amide bonds. The van der Waals surface area contributed by atoms with Gasteiger partial charge in [0.25, 0.3) is 0 Å². The highest BCUT2D eigenvalue weighted by atomic mass is 32.2. The zero-order valence-corrected chi connectivity index (χ0v) is 17.8.